The van der Waals surface area contributed by atoms with E-state index in [1.165, 1.54) is 4.68 Å². The predicted octanol–water partition coefficient (Wildman–Crippen LogP) is 0.778. The van der Waals surface area contributed by atoms with Crippen molar-refractivity contribution in [3.63, 3.8) is 0 Å². The van der Waals surface area contributed by atoms with Gasteiger partial charge in [-0.15, -0.1) is 5.10 Å². The van der Waals surface area contributed by atoms with Gasteiger partial charge in [0.25, 0.3) is 5.91 Å². The number of aromatic nitrogens is 3. The largest absolute Gasteiger partial charge is 0.497 e. The van der Waals surface area contributed by atoms with Crippen LogP contribution in [0.4, 0.5) is 0 Å². The van der Waals surface area contributed by atoms with Crippen LogP contribution in [0.25, 0.3) is 0 Å². The molecule has 122 valence electrons. The molecule has 0 aliphatic heterocycles. The lowest BCUT2D eigenvalue weighted by Crippen LogP contribution is -2.43. The van der Waals surface area contributed by atoms with Gasteiger partial charge in [-0.25, -0.2) is 0 Å². The normalized spacial score (nSPS) is 20.0. The number of ether oxygens (including phenoxy) is 1. The highest BCUT2D eigenvalue weighted by atomic mass is 16.5. The fraction of sp³-hybridized carbons (Fsp3) is 0.438. The SMILES string of the molecule is COc1ccc2c(c1)CCCC2(O)CNC(=O)c1cn(C)nn1. The Hall–Kier alpha value is -2.41. The van der Waals surface area contributed by atoms with Crippen LogP contribution in [0.5, 0.6) is 5.75 Å². The van der Waals surface area contributed by atoms with Crippen molar-refractivity contribution in [1.29, 1.82) is 0 Å². The number of aryl methyl sites for hydroxylation is 2. The Morgan fingerprint density at radius 2 is 2.35 bits per heavy atom. The molecule has 1 aliphatic rings. The quantitative estimate of drug-likeness (QED) is 0.870. The number of carbonyl (C=O) groups excluding carboxylic acids is 1. The van der Waals surface area contributed by atoms with Crippen LogP contribution in [-0.2, 0) is 19.1 Å². The number of fused-ring (bicyclic) bond motifs is 1. The fourth-order valence-electron chi connectivity index (χ4n) is 3.02. The lowest BCUT2D eigenvalue weighted by molar-refractivity contribution is 0.0188. The molecule has 0 spiro atoms. The Balaban J connectivity index is 1.76. The standard InChI is InChI=1S/C16H20N4O3/c1-20-9-14(18-19-20)15(21)17-10-16(22)7-3-4-11-8-12(23-2)5-6-13(11)16/h5-6,8-9,22H,3-4,7,10H2,1-2H3,(H,17,21). The molecule has 0 fully saturated rings. The number of aliphatic hydroxyl groups is 1. The van der Waals surface area contributed by atoms with Crippen LogP contribution >= 0.6 is 0 Å². The van der Waals surface area contributed by atoms with E-state index in [0.29, 0.717) is 6.42 Å². The topological polar surface area (TPSA) is 89.3 Å². The molecule has 23 heavy (non-hydrogen) atoms. The smallest absolute Gasteiger partial charge is 0.273 e. The second kappa shape index (κ2) is 6.00. The van der Waals surface area contributed by atoms with Crippen LogP contribution in [0.1, 0.15) is 34.5 Å². The lowest BCUT2D eigenvalue weighted by Gasteiger charge is -2.34. The summed E-state index contributed by atoms with van der Waals surface area (Å²) in [7, 11) is 3.32. The molecule has 7 heteroatoms. The molecular formula is C16H20N4O3. The fourth-order valence-corrected chi connectivity index (χ4v) is 3.02. The van der Waals surface area contributed by atoms with E-state index in [2.05, 4.69) is 15.6 Å². The van der Waals surface area contributed by atoms with Gasteiger partial charge in [0.05, 0.1) is 19.9 Å². The zero-order valence-electron chi connectivity index (χ0n) is 13.2. The maximum Gasteiger partial charge on any atom is 0.273 e. The summed E-state index contributed by atoms with van der Waals surface area (Å²) >= 11 is 0. The van der Waals surface area contributed by atoms with E-state index < -0.39 is 5.60 Å². The number of methoxy groups -OCH3 is 1. The number of hydrogen-bond donors (Lipinski definition) is 2. The van der Waals surface area contributed by atoms with Crippen LogP contribution in [0.2, 0.25) is 0 Å². The van der Waals surface area contributed by atoms with Gasteiger partial charge in [0.1, 0.15) is 11.4 Å². The molecule has 1 aromatic carbocycles. The van der Waals surface area contributed by atoms with Crippen LogP contribution in [0, 0.1) is 0 Å². The third-order valence-electron chi connectivity index (χ3n) is 4.23. The van der Waals surface area contributed by atoms with Gasteiger partial charge in [-0.1, -0.05) is 11.3 Å². The zero-order valence-corrected chi connectivity index (χ0v) is 13.2. The highest BCUT2D eigenvalue weighted by Gasteiger charge is 2.35. The maximum absolute atomic E-state index is 12.1. The molecule has 0 saturated heterocycles. The Bertz CT molecular complexity index is 728. The molecule has 2 N–H and O–H groups in total. The second-order valence-electron chi connectivity index (χ2n) is 5.87. The van der Waals surface area contributed by atoms with E-state index in [-0.39, 0.29) is 18.1 Å². The van der Waals surface area contributed by atoms with Crippen molar-refractivity contribution < 1.29 is 14.6 Å². The third kappa shape index (κ3) is 3.05. The summed E-state index contributed by atoms with van der Waals surface area (Å²) < 4.78 is 6.70. The van der Waals surface area contributed by atoms with Crippen molar-refractivity contribution in [3.8, 4) is 5.75 Å². The van der Waals surface area contributed by atoms with Gasteiger partial charge in [0.2, 0.25) is 0 Å². The number of nitrogens with zero attached hydrogens (tertiary/aromatic N) is 3. The Kier molecular flexibility index (Phi) is 4.04. The molecule has 0 saturated carbocycles. The summed E-state index contributed by atoms with van der Waals surface area (Å²) in [5.41, 5.74) is 1.08. The molecule has 1 aromatic heterocycles. The van der Waals surface area contributed by atoms with E-state index >= 15 is 0 Å². The maximum atomic E-state index is 12.1. The minimum absolute atomic E-state index is 0.141. The number of rotatable bonds is 4. The molecule has 7 nitrogen and oxygen atoms in total. The summed E-state index contributed by atoms with van der Waals surface area (Å²) in [6, 6.07) is 5.66. The van der Waals surface area contributed by atoms with E-state index in [9.17, 15) is 9.90 Å². The van der Waals surface area contributed by atoms with Crippen LogP contribution in [-0.4, -0.2) is 39.7 Å². The van der Waals surface area contributed by atoms with E-state index in [1.807, 2.05) is 18.2 Å². The third-order valence-corrected chi connectivity index (χ3v) is 4.23. The highest BCUT2D eigenvalue weighted by Crippen LogP contribution is 2.36. The summed E-state index contributed by atoms with van der Waals surface area (Å²) in [6.45, 7) is 0.141. The van der Waals surface area contributed by atoms with Crippen molar-refractivity contribution in [1.82, 2.24) is 20.3 Å². The Labute approximate surface area is 134 Å². The first kappa shape index (κ1) is 15.5. The molecule has 1 heterocycles. The number of nitrogens with one attached hydrogen (secondary N) is 1. The summed E-state index contributed by atoms with van der Waals surface area (Å²) in [5.74, 6) is 0.434. The molecular weight excluding hydrogens is 296 g/mol. The zero-order chi connectivity index (χ0) is 16.4. The Morgan fingerprint density at radius 3 is 3.04 bits per heavy atom. The average Bonchev–Trinajstić information content (AvgIpc) is 2.99. The minimum atomic E-state index is -1.07. The summed E-state index contributed by atoms with van der Waals surface area (Å²) in [6.07, 6.45) is 3.90. The molecule has 1 atom stereocenters. The first-order chi connectivity index (χ1) is 11.0. The molecule has 1 unspecified atom stereocenters. The van der Waals surface area contributed by atoms with E-state index in [4.69, 9.17) is 4.74 Å². The second-order valence-corrected chi connectivity index (χ2v) is 5.87. The number of benzene rings is 1. The van der Waals surface area contributed by atoms with E-state index in [1.54, 1.807) is 20.4 Å². The van der Waals surface area contributed by atoms with Gasteiger partial charge >= 0.3 is 0 Å². The molecule has 1 amide bonds. The van der Waals surface area contributed by atoms with Crippen molar-refractivity contribution in [2.75, 3.05) is 13.7 Å². The van der Waals surface area contributed by atoms with Crippen LogP contribution < -0.4 is 10.1 Å². The molecule has 0 bridgehead atoms. The van der Waals surface area contributed by atoms with Crippen molar-refractivity contribution >= 4 is 5.91 Å². The van der Waals surface area contributed by atoms with Crippen LogP contribution in [0.3, 0.4) is 0 Å². The number of carbonyl (C=O) groups is 1. The summed E-state index contributed by atoms with van der Waals surface area (Å²) in [5, 5.41) is 21.3. The monoisotopic (exact) mass is 316 g/mol. The van der Waals surface area contributed by atoms with Gasteiger partial charge < -0.3 is 15.2 Å². The van der Waals surface area contributed by atoms with Gasteiger partial charge in [-0.3, -0.25) is 9.48 Å². The van der Waals surface area contributed by atoms with Gasteiger partial charge in [0.15, 0.2) is 5.69 Å². The van der Waals surface area contributed by atoms with Crippen LogP contribution in [0.15, 0.2) is 24.4 Å². The predicted molar refractivity (Wildman–Crippen MR) is 83.2 cm³/mol. The molecule has 0 radical (unpaired) electrons. The number of amides is 1. The van der Waals surface area contributed by atoms with Crippen molar-refractivity contribution in [3.05, 3.63) is 41.2 Å². The first-order valence-corrected chi connectivity index (χ1v) is 7.56. The first-order valence-electron chi connectivity index (χ1n) is 7.56. The van der Waals surface area contributed by atoms with Crippen molar-refractivity contribution in [2.24, 2.45) is 7.05 Å². The molecule has 3 rings (SSSR count). The average molecular weight is 316 g/mol. The van der Waals surface area contributed by atoms with Gasteiger partial charge in [-0.05, 0) is 42.5 Å². The molecule has 1 aliphatic carbocycles. The van der Waals surface area contributed by atoms with Gasteiger partial charge in [0, 0.05) is 7.05 Å². The Morgan fingerprint density at radius 1 is 1.52 bits per heavy atom. The number of hydrogen-bond acceptors (Lipinski definition) is 5. The lowest BCUT2D eigenvalue weighted by atomic mass is 9.79. The summed E-state index contributed by atoms with van der Waals surface area (Å²) in [4.78, 5) is 12.1. The molecule has 2 aromatic rings. The minimum Gasteiger partial charge on any atom is -0.497 e. The van der Waals surface area contributed by atoms with Crippen molar-refractivity contribution in [2.45, 2.75) is 24.9 Å². The highest BCUT2D eigenvalue weighted by molar-refractivity contribution is 5.91. The van der Waals surface area contributed by atoms with Gasteiger partial charge in [-0.2, -0.15) is 0 Å². The van der Waals surface area contributed by atoms with E-state index in [0.717, 1.165) is 29.7 Å².